The van der Waals surface area contributed by atoms with Crippen molar-refractivity contribution in [2.45, 2.75) is 26.4 Å². The highest BCUT2D eigenvalue weighted by atomic mass is 16.5. The van der Waals surface area contributed by atoms with Crippen LogP contribution in [-0.4, -0.2) is 50.7 Å². The van der Waals surface area contributed by atoms with Crippen molar-refractivity contribution in [2.75, 3.05) is 32.8 Å². The maximum atomic E-state index is 11.6. The highest BCUT2D eigenvalue weighted by Gasteiger charge is 2.16. The molecule has 0 saturated carbocycles. The monoisotopic (exact) mass is 257 g/mol. The summed E-state index contributed by atoms with van der Waals surface area (Å²) < 4.78 is 5.43. The fourth-order valence-electron chi connectivity index (χ4n) is 1.62. The van der Waals surface area contributed by atoms with Crippen LogP contribution in [0.1, 0.15) is 20.3 Å². The van der Waals surface area contributed by atoms with Gasteiger partial charge in [-0.15, -0.1) is 0 Å². The van der Waals surface area contributed by atoms with E-state index >= 15 is 0 Å². The Morgan fingerprint density at radius 3 is 2.67 bits per heavy atom. The molecule has 0 aromatic heterocycles. The molecule has 18 heavy (non-hydrogen) atoms. The minimum absolute atomic E-state index is 0.00376. The Bertz CT molecular complexity index is 276. The molecule has 6 nitrogen and oxygen atoms in total. The fourth-order valence-corrected chi connectivity index (χ4v) is 1.62. The van der Waals surface area contributed by atoms with E-state index in [1.807, 2.05) is 13.8 Å². The van der Waals surface area contributed by atoms with Crippen molar-refractivity contribution in [1.82, 2.24) is 16.0 Å². The van der Waals surface area contributed by atoms with Gasteiger partial charge < -0.3 is 20.7 Å². The molecule has 1 aliphatic heterocycles. The number of amides is 2. The van der Waals surface area contributed by atoms with Gasteiger partial charge in [0.05, 0.1) is 19.1 Å². The van der Waals surface area contributed by atoms with Crippen LogP contribution in [0.25, 0.3) is 0 Å². The highest BCUT2D eigenvalue weighted by molar-refractivity contribution is 5.78. The van der Waals surface area contributed by atoms with Crippen molar-refractivity contribution in [3.05, 3.63) is 0 Å². The Morgan fingerprint density at radius 1 is 1.33 bits per heavy atom. The first-order chi connectivity index (χ1) is 8.59. The molecular formula is C12H23N3O3. The molecule has 1 saturated heterocycles. The molecule has 1 aliphatic rings. The first-order valence-corrected chi connectivity index (χ1v) is 6.46. The van der Waals surface area contributed by atoms with Gasteiger partial charge in [-0.2, -0.15) is 0 Å². The third kappa shape index (κ3) is 5.97. The minimum atomic E-state index is -0.0394. The second kappa shape index (κ2) is 8.05. The summed E-state index contributed by atoms with van der Waals surface area (Å²) in [5, 5.41) is 8.68. The lowest BCUT2D eigenvalue weighted by Gasteiger charge is -2.23. The fraction of sp³-hybridized carbons (Fsp3) is 0.833. The molecule has 1 rings (SSSR count). The molecule has 6 heteroatoms. The summed E-state index contributed by atoms with van der Waals surface area (Å²) in [4.78, 5) is 22.8. The van der Waals surface area contributed by atoms with Gasteiger partial charge in [0.15, 0.2) is 0 Å². The zero-order valence-electron chi connectivity index (χ0n) is 11.1. The third-order valence-corrected chi connectivity index (χ3v) is 2.69. The number of carbonyl (C=O) groups excluding carboxylic acids is 2. The van der Waals surface area contributed by atoms with Gasteiger partial charge in [-0.3, -0.25) is 9.59 Å². The number of nitrogens with one attached hydrogen (secondary N) is 3. The topological polar surface area (TPSA) is 79.5 Å². The molecule has 0 radical (unpaired) electrons. The van der Waals surface area contributed by atoms with Crippen molar-refractivity contribution >= 4 is 11.8 Å². The number of rotatable bonds is 6. The zero-order valence-corrected chi connectivity index (χ0v) is 11.1. The summed E-state index contributed by atoms with van der Waals surface area (Å²) in [6.07, 6.45) is 0.328. The molecule has 3 N–H and O–H groups in total. The van der Waals surface area contributed by atoms with E-state index in [4.69, 9.17) is 4.74 Å². The first kappa shape index (κ1) is 14.9. The second-order valence-electron chi connectivity index (χ2n) is 4.70. The standard InChI is InChI=1S/C12H23N3O3/c1-9(2)12(17)15-4-3-14-11(16)7-10-8-13-5-6-18-10/h9-10,13H,3-8H2,1-2H3,(H,14,16)(H,15,17). The Kier molecular flexibility index (Phi) is 6.67. The Labute approximate surface area is 108 Å². The van der Waals surface area contributed by atoms with Crippen molar-refractivity contribution in [3.63, 3.8) is 0 Å². The van der Waals surface area contributed by atoms with Gasteiger partial charge in [-0.1, -0.05) is 13.8 Å². The largest absolute Gasteiger partial charge is 0.375 e. The number of morpholine rings is 1. The normalized spacial score (nSPS) is 19.6. The zero-order chi connectivity index (χ0) is 13.4. The van der Waals surface area contributed by atoms with Crippen LogP contribution < -0.4 is 16.0 Å². The molecule has 0 aliphatic carbocycles. The van der Waals surface area contributed by atoms with Crippen LogP contribution in [0.15, 0.2) is 0 Å². The smallest absolute Gasteiger partial charge is 0.222 e. The maximum absolute atomic E-state index is 11.6. The summed E-state index contributed by atoms with van der Waals surface area (Å²) >= 11 is 0. The number of hydrogen-bond acceptors (Lipinski definition) is 4. The van der Waals surface area contributed by atoms with E-state index in [9.17, 15) is 9.59 Å². The Hall–Kier alpha value is -1.14. The predicted octanol–water partition coefficient (Wildman–Crippen LogP) is -0.747. The van der Waals surface area contributed by atoms with Crippen LogP contribution in [0.3, 0.4) is 0 Å². The van der Waals surface area contributed by atoms with Crippen molar-refractivity contribution in [1.29, 1.82) is 0 Å². The summed E-state index contributed by atoms with van der Waals surface area (Å²) in [6.45, 7) is 6.81. The van der Waals surface area contributed by atoms with Crippen LogP contribution in [-0.2, 0) is 14.3 Å². The first-order valence-electron chi connectivity index (χ1n) is 6.46. The van der Waals surface area contributed by atoms with Crippen LogP contribution in [0.2, 0.25) is 0 Å². The Morgan fingerprint density at radius 2 is 2.06 bits per heavy atom. The molecule has 1 unspecified atom stereocenters. The summed E-state index contributed by atoms with van der Waals surface area (Å²) in [7, 11) is 0. The molecule has 0 aromatic rings. The number of ether oxygens (including phenoxy) is 1. The van der Waals surface area contributed by atoms with Crippen molar-refractivity contribution < 1.29 is 14.3 Å². The number of carbonyl (C=O) groups is 2. The van der Waals surface area contributed by atoms with Crippen molar-refractivity contribution in [3.8, 4) is 0 Å². The highest BCUT2D eigenvalue weighted by Crippen LogP contribution is 2.00. The molecular weight excluding hydrogens is 234 g/mol. The van der Waals surface area contributed by atoms with Gasteiger partial charge >= 0.3 is 0 Å². The third-order valence-electron chi connectivity index (χ3n) is 2.69. The van der Waals surface area contributed by atoms with E-state index in [0.29, 0.717) is 26.1 Å². The average Bonchev–Trinajstić information content (AvgIpc) is 2.35. The predicted molar refractivity (Wildman–Crippen MR) is 68.1 cm³/mol. The van der Waals surface area contributed by atoms with E-state index < -0.39 is 0 Å². The molecule has 0 aromatic carbocycles. The molecule has 1 fully saturated rings. The van der Waals surface area contributed by atoms with E-state index in [2.05, 4.69) is 16.0 Å². The van der Waals surface area contributed by atoms with E-state index in [0.717, 1.165) is 13.1 Å². The van der Waals surface area contributed by atoms with Gasteiger partial charge in [-0.05, 0) is 0 Å². The molecule has 0 spiro atoms. The SMILES string of the molecule is CC(C)C(=O)NCCNC(=O)CC1CNCCO1. The summed E-state index contributed by atoms with van der Waals surface area (Å²) in [5.74, 6) is -0.0611. The molecule has 0 bridgehead atoms. The number of hydrogen-bond donors (Lipinski definition) is 3. The lowest BCUT2D eigenvalue weighted by molar-refractivity contribution is -0.126. The van der Waals surface area contributed by atoms with Crippen molar-refractivity contribution in [2.24, 2.45) is 5.92 Å². The maximum Gasteiger partial charge on any atom is 0.222 e. The lowest BCUT2D eigenvalue weighted by Crippen LogP contribution is -2.42. The van der Waals surface area contributed by atoms with Crippen LogP contribution in [0, 0.1) is 5.92 Å². The summed E-state index contributed by atoms with van der Waals surface area (Å²) in [6, 6.07) is 0. The molecule has 1 heterocycles. The van der Waals surface area contributed by atoms with Gasteiger partial charge in [-0.25, -0.2) is 0 Å². The van der Waals surface area contributed by atoms with Crippen LogP contribution in [0.5, 0.6) is 0 Å². The van der Waals surface area contributed by atoms with Gasteiger partial charge in [0.1, 0.15) is 0 Å². The van der Waals surface area contributed by atoms with Gasteiger partial charge in [0, 0.05) is 32.1 Å². The molecule has 2 amide bonds. The average molecular weight is 257 g/mol. The Balaban J connectivity index is 2.04. The molecule has 104 valence electrons. The van der Waals surface area contributed by atoms with Gasteiger partial charge in [0.25, 0.3) is 0 Å². The van der Waals surface area contributed by atoms with Gasteiger partial charge in [0.2, 0.25) is 11.8 Å². The minimum Gasteiger partial charge on any atom is -0.375 e. The summed E-state index contributed by atoms with van der Waals surface area (Å²) in [5.41, 5.74) is 0. The van der Waals surface area contributed by atoms with Crippen LogP contribution in [0.4, 0.5) is 0 Å². The van der Waals surface area contributed by atoms with E-state index in [1.165, 1.54) is 0 Å². The molecule has 1 atom stereocenters. The quantitative estimate of drug-likeness (QED) is 0.547. The van der Waals surface area contributed by atoms with E-state index in [-0.39, 0.29) is 23.8 Å². The second-order valence-corrected chi connectivity index (χ2v) is 4.70. The van der Waals surface area contributed by atoms with Crippen LogP contribution >= 0.6 is 0 Å². The van der Waals surface area contributed by atoms with E-state index in [1.54, 1.807) is 0 Å². The lowest BCUT2D eigenvalue weighted by atomic mass is 10.2.